The summed E-state index contributed by atoms with van der Waals surface area (Å²) in [4.78, 5) is 22.7. The molecule has 1 rings (SSSR count). The molecule has 0 aliphatic heterocycles. The smallest absolute Gasteiger partial charge is 0.235 e. The molecule has 98 valence electrons. The highest BCUT2D eigenvalue weighted by molar-refractivity contribution is 9.09. The quantitative estimate of drug-likeness (QED) is 0.733. The molecule has 8 heteroatoms. The van der Waals surface area contributed by atoms with Gasteiger partial charge in [0.05, 0.1) is 32.1 Å². The van der Waals surface area contributed by atoms with Crippen LogP contribution in [0.25, 0.3) is 0 Å². The van der Waals surface area contributed by atoms with Crippen LogP contribution in [0.5, 0.6) is 0 Å². The molecule has 18 heavy (non-hydrogen) atoms. The first-order valence-electron chi connectivity index (χ1n) is 4.69. The predicted molar refractivity (Wildman–Crippen MR) is 81.3 cm³/mol. The van der Waals surface area contributed by atoms with E-state index >= 15 is 0 Å². The average Bonchev–Trinajstić information content (AvgIpc) is 2.37. The monoisotopic (exact) mass is 416 g/mol. The third kappa shape index (κ3) is 4.12. The Kier molecular flexibility index (Phi) is 6.42. The van der Waals surface area contributed by atoms with Gasteiger partial charge < -0.3 is 10.6 Å². The predicted octanol–water partition coefficient (Wildman–Crippen LogP) is 3.66. The molecule has 0 spiro atoms. The van der Waals surface area contributed by atoms with Crippen molar-refractivity contribution in [3.63, 3.8) is 0 Å². The number of benzene rings is 1. The van der Waals surface area contributed by atoms with Crippen molar-refractivity contribution in [3.05, 3.63) is 22.2 Å². The minimum atomic E-state index is -0.298. The number of nitrogens with one attached hydrogen (secondary N) is 2. The second kappa shape index (κ2) is 7.33. The van der Waals surface area contributed by atoms with Crippen LogP contribution in [0, 0.1) is 0 Å². The van der Waals surface area contributed by atoms with Crippen molar-refractivity contribution in [1.29, 1.82) is 0 Å². The molecule has 0 unspecified atom stereocenters. The third-order valence-corrected chi connectivity index (χ3v) is 3.70. The number of hydrogen-bond acceptors (Lipinski definition) is 2. The number of anilines is 2. The fraction of sp³-hybridized carbons (Fsp3) is 0.200. The molecular formula is C10H8Br2Cl2N2O2. The summed E-state index contributed by atoms with van der Waals surface area (Å²) in [5, 5.41) is 5.89. The summed E-state index contributed by atoms with van der Waals surface area (Å²) >= 11 is 17.9. The molecule has 1 aromatic rings. The van der Waals surface area contributed by atoms with Crippen molar-refractivity contribution in [2.24, 2.45) is 0 Å². The molecule has 0 radical (unpaired) electrons. The average molecular weight is 419 g/mol. The first kappa shape index (κ1) is 15.8. The van der Waals surface area contributed by atoms with E-state index in [0.29, 0.717) is 10.7 Å². The van der Waals surface area contributed by atoms with Crippen molar-refractivity contribution in [2.75, 3.05) is 21.3 Å². The van der Waals surface area contributed by atoms with Crippen LogP contribution in [0.1, 0.15) is 0 Å². The number of carbonyl (C=O) groups is 2. The number of carbonyl (C=O) groups excluding carboxylic acids is 2. The van der Waals surface area contributed by atoms with Gasteiger partial charge in [0.2, 0.25) is 11.8 Å². The van der Waals surface area contributed by atoms with Gasteiger partial charge in [-0.25, -0.2) is 0 Å². The van der Waals surface area contributed by atoms with E-state index < -0.39 is 0 Å². The van der Waals surface area contributed by atoms with Crippen molar-refractivity contribution < 1.29 is 9.59 Å². The summed E-state index contributed by atoms with van der Waals surface area (Å²) in [6, 6.07) is 3.11. The highest BCUT2D eigenvalue weighted by Crippen LogP contribution is 2.36. The second-order valence-electron chi connectivity index (χ2n) is 3.15. The lowest BCUT2D eigenvalue weighted by Gasteiger charge is -2.13. The van der Waals surface area contributed by atoms with Gasteiger partial charge in [0.15, 0.2) is 0 Å². The molecule has 0 heterocycles. The maximum atomic E-state index is 11.4. The van der Waals surface area contributed by atoms with E-state index in [-0.39, 0.29) is 33.2 Å². The van der Waals surface area contributed by atoms with Crippen LogP contribution in [0.2, 0.25) is 10.0 Å². The highest BCUT2D eigenvalue weighted by atomic mass is 79.9. The Morgan fingerprint density at radius 2 is 1.61 bits per heavy atom. The topological polar surface area (TPSA) is 58.2 Å². The molecular weight excluding hydrogens is 411 g/mol. The van der Waals surface area contributed by atoms with E-state index in [1.165, 1.54) is 6.07 Å². The third-order valence-electron chi connectivity index (χ3n) is 1.88. The molecule has 2 N–H and O–H groups in total. The number of rotatable bonds is 4. The maximum absolute atomic E-state index is 11.4. The molecule has 0 saturated carbocycles. The SMILES string of the molecule is O=C(CBr)Nc1ccc(Cl)c(Cl)c1NC(=O)CBr. The van der Waals surface area contributed by atoms with Crippen LogP contribution in [-0.2, 0) is 9.59 Å². The fourth-order valence-electron chi connectivity index (χ4n) is 1.13. The Balaban J connectivity index is 3.12. The van der Waals surface area contributed by atoms with E-state index in [4.69, 9.17) is 23.2 Å². The maximum Gasteiger partial charge on any atom is 0.235 e. The van der Waals surface area contributed by atoms with Crippen LogP contribution < -0.4 is 10.6 Å². The van der Waals surface area contributed by atoms with Gasteiger partial charge in [0.25, 0.3) is 0 Å². The van der Waals surface area contributed by atoms with Gasteiger partial charge in [0.1, 0.15) is 0 Å². The molecule has 0 aromatic heterocycles. The lowest BCUT2D eigenvalue weighted by molar-refractivity contribution is -0.114. The Labute approximate surface area is 131 Å². The van der Waals surface area contributed by atoms with Crippen LogP contribution >= 0.6 is 55.1 Å². The van der Waals surface area contributed by atoms with Gasteiger partial charge in [0, 0.05) is 0 Å². The van der Waals surface area contributed by atoms with Gasteiger partial charge in [-0.1, -0.05) is 55.1 Å². The molecule has 0 atom stereocenters. The zero-order chi connectivity index (χ0) is 13.7. The summed E-state index contributed by atoms with van der Waals surface area (Å²) in [6.07, 6.45) is 0. The number of hydrogen-bond donors (Lipinski definition) is 2. The summed E-state index contributed by atoms with van der Waals surface area (Å²) < 4.78 is 0. The first-order valence-corrected chi connectivity index (χ1v) is 7.69. The van der Waals surface area contributed by atoms with Gasteiger partial charge in [-0.2, -0.15) is 0 Å². The molecule has 1 aromatic carbocycles. The Bertz CT molecular complexity index is 483. The molecule has 0 bridgehead atoms. The lowest BCUT2D eigenvalue weighted by Crippen LogP contribution is -2.18. The van der Waals surface area contributed by atoms with Crippen LogP contribution in [-0.4, -0.2) is 22.5 Å². The van der Waals surface area contributed by atoms with E-state index in [9.17, 15) is 9.59 Å². The van der Waals surface area contributed by atoms with E-state index in [0.717, 1.165) is 0 Å². The molecule has 0 saturated heterocycles. The molecule has 4 nitrogen and oxygen atoms in total. The van der Waals surface area contributed by atoms with Gasteiger partial charge >= 0.3 is 0 Å². The van der Waals surface area contributed by atoms with Crippen molar-refractivity contribution in [1.82, 2.24) is 0 Å². The largest absolute Gasteiger partial charge is 0.324 e. The summed E-state index contributed by atoms with van der Waals surface area (Å²) in [5.74, 6) is -0.559. The lowest BCUT2D eigenvalue weighted by atomic mass is 10.2. The van der Waals surface area contributed by atoms with Gasteiger partial charge in [-0.15, -0.1) is 0 Å². The molecule has 2 amide bonds. The Hall–Kier alpha value is -0.300. The number of alkyl halides is 2. The van der Waals surface area contributed by atoms with E-state index in [1.807, 2.05) is 0 Å². The van der Waals surface area contributed by atoms with Crippen molar-refractivity contribution in [2.45, 2.75) is 0 Å². The van der Waals surface area contributed by atoms with Crippen LogP contribution in [0.4, 0.5) is 11.4 Å². The summed E-state index contributed by atoms with van der Waals surface area (Å²) in [5.41, 5.74) is 0.672. The first-order chi connectivity index (χ1) is 8.49. The summed E-state index contributed by atoms with van der Waals surface area (Å²) in [6.45, 7) is 0. The summed E-state index contributed by atoms with van der Waals surface area (Å²) in [7, 11) is 0. The zero-order valence-electron chi connectivity index (χ0n) is 8.90. The van der Waals surface area contributed by atoms with Crippen molar-refractivity contribution >= 4 is 78.3 Å². The minimum absolute atomic E-state index is 0.113. The normalized spacial score (nSPS) is 10.0. The number of halogens is 4. The van der Waals surface area contributed by atoms with Crippen LogP contribution in [0.3, 0.4) is 0 Å². The van der Waals surface area contributed by atoms with E-state index in [1.54, 1.807) is 6.07 Å². The number of amides is 2. The van der Waals surface area contributed by atoms with Crippen molar-refractivity contribution in [3.8, 4) is 0 Å². The zero-order valence-corrected chi connectivity index (χ0v) is 13.6. The highest BCUT2D eigenvalue weighted by Gasteiger charge is 2.14. The van der Waals surface area contributed by atoms with Gasteiger partial charge in [-0.3, -0.25) is 9.59 Å². The van der Waals surface area contributed by atoms with E-state index in [2.05, 4.69) is 42.5 Å². The molecule has 0 fully saturated rings. The van der Waals surface area contributed by atoms with Gasteiger partial charge in [-0.05, 0) is 12.1 Å². The Morgan fingerprint density at radius 1 is 1.06 bits per heavy atom. The second-order valence-corrected chi connectivity index (χ2v) is 5.05. The minimum Gasteiger partial charge on any atom is -0.324 e. The molecule has 0 aliphatic carbocycles. The molecule has 0 aliphatic rings. The standard InChI is InChI=1S/C10H8Br2Cl2N2O2/c11-3-7(17)15-6-2-1-5(13)9(14)10(6)16-8(18)4-12/h1-2H,3-4H2,(H,15,17)(H,16,18). The van der Waals surface area contributed by atoms with Crippen LogP contribution in [0.15, 0.2) is 12.1 Å². The Morgan fingerprint density at radius 3 is 2.17 bits per heavy atom. The fourth-order valence-corrected chi connectivity index (χ4v) is 1.78.